The molecule has 0 bridgehead atoms. The van der Waals surface area contributed by atoms with Crippen molar-refractivity contribution in [1.82, 2.24) is 10.6 Å². The van der Waals surface area contributed by atoms with Gasteiger partial charge in [-0.15, -0.1) is 6.58 Å². The van der Waals surface area contributed by atoms with E-state index in [1.807, 2.05) is 0 Å². The highest BCUT2D eigenvalue weighted by Crippen LogP contribution is 1.82. The average Bonchev–Trinajstić information content (AvgIpc) is 2.30. The lowest BCUT2D eigenvalue weighted by Crippen LogP contribution is -2.42. The second-order valence-corrected chi connectivity index (χ2v) is 3.18. The summed E-state index contributed by atoms with van der Waals surface area (Å²) in [5.74, 6) is -1.38. The van der Waals surface area contributed by atoms with E-state index in [1.54, 1.807) is 6.08 Å². The van der Waals surface area contributed by atoms with Crippen LogP contribution in [-0.2, 0) is 9.53 Å². The molecule has 0 radical (unpaired) electrons. The number of nitrogens with one attached hydrogen (secondary N) is 2. The molecule has 4 N–H and O–H groups in total. The molecule has 0 aromatic carbocycles. The van der Waals surface area contributed by atoms with E-state index < -0.39 is 18.1 Å². The minimum Gasteiger partial charge on any atom is -0.479 e. The molecule has 7 heteroatoms. The second kappa shape index (κ2) is 9.61. The predicted octanol–water partition coefficient (Wildman–Crippen LogP) is -0.676. The fourth-order valence-electron chi connectivity index (χ4n) is 0.845. The molecule has 0 saturated carbocycles. The Morgan fingerprint density at radius 1 is 1.35 bits per heavy atom. The third kappa shape index (κ3) is 9.34. The number of carboxylic acid groups (broad SMARTS) is 1. The molecule has 0 aliphatic heterocycles. The van der Waals surface area contributed by atoms with Crippen LogP contribution in [0.25, 0.3) is 0 Å². The molecule has 0 fully saturated rings. The quantitative estimate of drug-likeness (QED) is 0.318. The van der Waals surface area contributed by atoms with Crippen molar-refractivity contribution in [3.63, 3.8) is 0 Å². The van der Waals surface area contributed by atoms with Gasteiger partial charge in [0.05, 0.1) is 19.8 Å². The number of ether oxygens (including phenoxy) is 1. The van der Waals surface area contributed by atoms with Crippen LogP contribution in [0.15, 0.2) is 12.7 Å². The van der Waals surface area contributed by atoms with Crippen LogP contribution in [0.4, 0.5) is 4.79 Å². The number of hydrogen-bond acceptors (Lipinski definition) is 4. The molecule has 0 heterocycles. The van der Waals surface area contributed by atoms with E-state index in [-0.39, 0.29) is 6.54 Å². The maximum atomic E-state index is 11.1. The van der Waals surface area contributed by atoms with E-state index >= 15 is 0 Å². The fraction of sp³-hybridized carbons (Fsp3) is 0.600. The zero-order valence-electron chi connectivity index (χ0n) is 9.52. The lowest BCUT2D eigenvalue weighted by Gasteiger charge is -2.09. The minimum absolute atomic E-state index is 0.312. The van der Waals surface area contributed by atoms with Crippen LogP contribution >= 0.6 is 0 Å². The standard InChI is InChI=1S/C10H18N2O5/c1-2-3-5-17-6-4-11-10(16)12-7-8(13)9(14)15/h2,8,13H,1,3-7H2,(H,14,15)(H2,11,12,16). The Bertz CT molecular complexity index is 257. The zero-order chi connectivity index (χ0) is 13.1. The molecule has 17 heavy (non-hydrogen) atoms. The SMILES string of the molecule is C=CCCOCCNC(=O)NCC(O)C(=O)O. The van der Waals surface area contributed by atoms with Gasteiger partial charge in [-0.1, -0.05) is 6.08 Å². The number of aliphatic carboxylic acids is 1. The summed E-state index contributed by atoms with van der Waals surface area (Å²) in [6.45, 7) is 4.42. The smallest absolute Gasteiger partial charge is 0.334 e. The number of rotatable bonds is 9. The largest absolute Gasteiger partial charge is 0.479 e. The van der Waals surface area contributed by atoms with E-state index in [9.17, 15) is 9.59 Å². The molecule has 0 spiro atoms. The lowest BCUT2D eigenvalue weighted by molar-refractivity contribution is -0.146. The average molecular weight is 246 g/mol. The number of carbonyl (C=O) groups excluding carboxylic acids is 1. The summed E-state index contributed by atoms with van der Waals surface area (Å²) in [5, 5.41) is 21.9. The number of urea groups is 1. The summed E-state index contributed by atoms with van der Waals surface area (Å²) in [6, 6.07) is -0.544. The predicted molar refractivity (Wildman–Crippen MR) is 60.7 cm³/mol. The Balaban J connectivity index is 3.40. The summed E-state index contributed by atoms with van der Waals surface area (Å²) >= 11 is 0. The maximum Gasteiger partial charge on any atom is 0.334 e. The monoisotopic (exact) mass is 246 g/mol. The highest BCUT2D eigenvalue weighted by atomic mass is 16.5. The van der Waals surface area contributed by atoms with E-state index in [0.29, 0.717) is 19.8 Å². The number of amides is 2. The third-order valence-electron chi connectivity index (χ3n) is 1.74. The highest BCUT2D eigenvalue weighted by Gasteiger charge is 2.13. The number of carbonyl (C=O) groups is 2. The molecule has 0 saturated heterocycles. The number of aliphatic hydroxyl groups excluding tert-OH is 1. The van der Waals surface area contributed by atoms with Crippen LogP contribution in [0.3, 0.4) is 0 Å². The first-order valence-corrected chi connectivity index (χ1v) is 5.19. The van der Waals surface area contributed by atoms with Crippen molar-refractivity contribution in [2.24, 2.45) is 0 Å². The summed E-state index contributed by atoms with van der Waals surface area (Å²) in [4.78, 5) is 21.3. The van der Waals surface area contributed by atoms with Gasteiger partial charge in [0.15, 0.2) is 6.10 Å². The molecule has 2 amide bonds. The van der Waals surface area contributed by atoms with Crippen LogP contribution in [0.1, 0.15) is 6.42 Å². The summed E-state index contributed by atoms with van der Waals surface area (Å²) in [5.41, 5.74) is 0. The first-order valence-electron chi connectivity index (χ1n) is 5.19. The van der Waals surface area contributed by atoms with Crippen LogP contribution in [0, 0.1) is 0 Å². The Morgan fingerprint density at radius 2 is 2.06 bits per heavy atom. The summed E-state index contributed by atoms with van der Waals surface area (Å²) in [7, 11) is 0. The van der Waals surface area contributed by atoms with Crippen molar-refractivity contribution in [3.8, 4) is 0 Å². The molecule has 1 atom stereocenters. The highest BCUT2D eigenvalue weighted by molar-refractivity contribution is 5.76. The van der Waals surface area contributed by atoms with Gasteiger partial charge in [-0.2, -0.15) is 0 Å². The van der Waals surface area contributed by atoms with Gasteiger partial charge in [0.1, 0.15) is 0 Å². The van der Waals surface area contributed by atoms with Crippen molar-refractivity contribution < 1.29 is 24.5 Å². The molecule has 0 rings (SSSR count). The molecular weight excluding hydrogens is 228 g/mol. The normalized spacial score (nSPS) is 11.6. The van der Waals surface area contributed by atoms with Gasteiger partial charge in [-0.3, -0.25) is 0 Å². The molecular formula is C10H18N2O5. The summed E-state index contributed by atoms with van der Waals surface area (Å²) < 4.78 is 5.13. The number of carboxylic acids is 1. The van der Waals surface area contributed by atoms with Crippen molar-refractivity contribution in [2.75, 3.05) is 26.3 Å². The minimum atomic E-state index is -1.59. The molecule has 0 aliphatic rings. The molecule has 98 valence electrons. The van der Waals surface area contributed by atoms with Gasteiger partial charge in [-0.05, 0) is 6.42 Å². The molecule has 0 aromatic rings. The van der Waals surface area contributed by atoms with Crippen molar-refractivity contribution >= 4 is 12.0 Å². The van der Waals surface area contributed by atoms with E-state index in [4.69, 9.17) is 14.9 Å². The zero-order valence-corrected chi connectivity index (χ0v) is 9.52. The van der Waals surface area contributed by atoms with Gasteiger partial charge in [0, 0.05) is 6.54 Å². The van der Waals surface area contributed by atoms with Gasteiger partial charge < -0.3 is 25.6 Å². The first-order chi connectivity index (χ1) is 8.07. The molecule has 0 aromatic heterocycles. The van der Waals surface area contributed by atoms with Crippen LogP contribution in [0.2, 0.25) is 0 Å². The number of aliphatic hydroxyl groups is 1. The Kier molecular flexibility index (Phi) is 8.71. The molecule has 7 nitrogen and oxygen atoms in total. The first kappa shape index (κ1) is 15.4. The van der Waals surface area contributed by atoms with E-state index in [0.717, 1.165) is 6.42 Å². The Hall–Kier alpha value is -1.60. The van der Waals surface area contributed by atoms with Crippen molar-refractivity contribution in [2.45, 2.75) is 12.5 Å². The Morgan fingerprint density at radius 3 is 2.65 bits per heavy atom. The summed E-state index contributed by atoms with van der Waals surface area (Å²) in [6.07, 6.45) is 0.884. The topological polar surface area (TPSA) is 108 Å². The maximum absolute atomic E-state index is 11.1. The van der Waals surface area contributed by atoms with E-state index in [1.165, 1.54) is 0 Å². The fourth-order valence-corrected chi connectivity index (χ4v) is 0.845. The van der Waals surface area contributed by atoms with Gasteiger partial charge in [0.2, 0.25) is 0 Å². The van der Waals surface area contributed by atoms with Crippen LogP contribution in [-0.4, -0.2) is 54.6 Å². The second-order valence-electron chi connectivity index (χ2n) is 3.18. The number of hydrogen-bond donors (Lipinski definition) is 4. The molecule has 0 aliphatic carbocycles. The van der Waals surface area contributed by atoms with Crippen molar-refractivity contribution in [1.29, 1.82) is 0 Å². The van der Waals surface area contributed by atoms with E-state index in [2.05, 4.69) is 17.2 Å². The van der Waals surface area contributed by atoms with Gasteiger partial charge >= 0.3 is 12.0 Å². The third-order valence-corrected chi connectivity index (χ3v) is 1.74. The molecule has 1 unspecified atom stereocenters. The van der Waals surface area contributed by atoms with Gasteiger partial charge in [-0.25, -0.2) is 9.59 Å². The van der Waals surface area contributed by atoms with Gasteiger partial charge in [0.25, 0.3) is 0 Å². The van der Waals surface area contributed by atoms with Crippen LogP contribution < -0.4 is 10.6 Å². The van der Waals surface area contributed by atoms with Crippen molar-refractivity contribution in [3.05, 3.63) is 12.7 Å². The van der Waals surface area contributed by atoms with Crippen LogP contribution in [0.5, 0.6) is 0 Å². The lowest BCUT2D eigenvalue weighted by atomic mass is 10.4. The Labute approximate surface area is 99.5 Å².